The van der Waals surface area contributed by atoms with Crippen LogP contribution in [0.25, 0.3) is 11.3 Å². The summed E-state index contributed by atoms with van der Waals surface area (Å²) in [4.78, 5) is 12.4. The van der Waals surface area contributed by atoms with E-state index in [1.807, 2.05) is 54.6 Å². The second-order valence-corrected chi connectivity index (χ2v) is 6.29. The minimum Gasteiger partial charge on any atom is -0.496 e. The zero-order valence-electron chi connectivity index (χ0n) is 16.2. The summed E-state index contributed by atoms with van der Waals surface area (Å²) >= 11 is 0. The topological polar surface area (TPSA) is 70.5 Å². The Kier molecular flexibility index (Phi) is 5.66. The van der Waals surface area contributed by atoms with Crippen LogP contribution in [0.3, 0.4) is 0 Å². The molecule has 0 fully saturated rings. The SMILES string of the molecule is COc1ccccc1C(=O)Oc1ccc(-c2ccc(Oc3ccccc3)cc2)nn1. The lowest BCUT2D eigenvalue weighted by Gasteiger charge is -2.08. The number of aromatic nitrogens is 2. The van der Waals surface area contributed by atoms with Crippen molar-refractivity contribution < 1.29 is 19.0 Å². The fraction of sp³-hybridized carbons (Fsp3) is 0.0417. The molecule has 0 N–H and O–H groups in total. The third-order valence-corrected chi connectivity index (χ3v) is 4.29. The number of benzene rings is 3. The molecule has 6 nitrogen and oxygen atoms in total. The molecule has 0 atom stereocenters. The highest BCUT2D eigenvalue weighted by Crippen LogP contribution is 2.25. The number of carbonyl (C=O) groups excluding carboxylic acids is 1. The predicted molar refractivity (Wildman–Crippen MR) is 112 cm³/mol. The first-order valence-electron chi connectivity index (χ1n) is 9.25. The number of esters is 1. The van der Waals surface area contributed by atoms with Gasteiger partial charge in [-0.2, -0.15) is 0 Å². The lowest BCUT2D eigenvalue weighted by atomic mass is 10.1. The van der Waals surface area contributed by atoms with E-state index < -0.39 is 5.97 Å². The van der Waals surface area contributed by atoms with Crippen molar-refractivity contribution in [2.45, 2.75) is 0 Å². The van der Waals surface area contributed by atoms with Gasteiger partial charge in [0.2, 0.25) is 5.88 Å². The molecule has 30 heavy (non-hydrogen) atoms. The Labute approximate surface area is 173 Å². The smallest absolute Gasteiger partial charge is 0.348 e. The van der Waals surface area contributed by atoms with E-state index in [4.69, 9.17) is 14.2 Å². The second kappa shape index (κ2) is 8.87. The van der Waals surface area contributed by atoms with Gasteiger partial charge in [0.05, 0.1) is 12.8 Å². The lowest BCUT2D eigenvalue weighted by Crippen LogP contribution is -2.11. The Morgan fingerprint density at radius 1 is 0.733 bits per heavy atom. The van der Waals surface area contributed by atoms with Crippen LogP contribution in [-0.2, 0) is 0 Å². The standard InChI is InChI=1S/C24H18N2O4/c1-28-22-10-6-5-9-20(22)24(27)30-23-16-15-21(25-26-23)17-11-13-19(14-12-17)29-18-7-3-2-4-8-18/h2-16H,1H3. The highest BCUT2D eigenvalue weighted by molar-refractivity contribution is 5.93. The van der Waals surface area contributed by atoms with Gasteiger partial charge >= 0.3 is 5.97 Å². The van der Waals surface area contributed by atoms with Crippen LogP contribution in [0, 0.1) is 0 Å². The summed E-state index contributed by atoms with van der Waals surface area (Å²) in [6.07, 6.45) is 0. The van der Waals surface area contributed by atoms with Crippen LogP contribution in [-0.4, -0.2) is 23.3 Å². The first-order valence-corrected chi connectivity index (χ1v) is 9.25. The van der Waals surface area contributed by atoms with Gasteiger partial charge in [-0.25, -0.2) is 4.79 Å². The monoisotopic (exact) mass is 398 g/mol. The minimum atomic E-state index is -0.558. The molecule has 0 amide bonds. The van der Waals surface area contributed by atoms with Crippen molar-refractivity contribution in [1.82, 2.24) is 10.2 Å². The van der Waals surface area contributed by atoms with E-state index in [-0.39, 0.29) is 5.88 Å². The van der Waals surface area contributed by atoms with Crippen molar-refractivity contribution in [1.29, 1.82) is 0 Å². The molecule has 4 rings (SSSR count). The number of hydrogen-bond donors (Lipinski definition) is 0. The van der Waals surface area contributed by atoms with E-state index in [1.54, 1.807) is 36.4 Å². The van der Waals surface area contributed by atoms with Crippen molar-refractivity contribution in [3.8, 4) is 34.4 Å². The molecular formula is C24H18N2O4. The van der Waals surface area contributed by atoms with E-state index >= 15 is 0 Å². The molecule has 0 saturated heterocycles. The van der Waals surface area contributed by atoms with Crippen LogP contribution in [0.1, 0.15) is 10.4 Å². The van der Waals surface area contributed by atoms with E-state index in [9.17, 15) is 4.79 Å². The van der Waals surface area contributed by atoms with Crippen molar-refractivity contribution >= 4 is 5.97 Å². The summed E-state index contributed by atoms with van der Waals surface area (Å²) < 4.78 is 16.3. The molecule has 0 aliphatic carbocycles. The van der Waals surface area contributed by atoms with Crippen LogP contribution in [0.15, 0.2) is 91.0 Å². The lowest BCUT2D eigenvalue weighted by molar-refractivity contribution is 0.0722. The van der Waals surface area contributed by atoms with Gasteiger partial charge in [-0.15, -0.1) is 10.2 Å². The highest BCUT2D eigenvalue weighted by atomic mass is 16.5. The summed E-state index contributed by atoms with van der Waals surface area (Å²) in [5, 5.41) is 8.15. The summed E-state index contributed by atoms with van der Waals surface area (Å²) in [5.74, 6) is 1.48. The number of hydrogen-bond acceptors (Lipinski definition) is 6. The van der Waals surface area contributed by atoms with Crippen molar-refractivity contribution in [3.05, 3.63) is 96.6 Å². The molecule has 0 aliphatic rings. The maximum Gasteiger partial charge on any atom is 0.348 e. The third-order valence-electron chi connectivity index (χ3n) is 4.29. The van der Waals surface area contributed by atoms with Gasteiger partial charge in [0.1, 0.15) is 22.8 Å². The number of carbonyl (C=O) groups is 1. The molecular weight excluding hydrogens is 380 g/mol. The number of para-hydroxylation sites is 2. The molecule has 3 aromatic carbocycles. The summed E-state index contributed by atoms with van der Waals surface area (Å²) in [6.45, 7) is 0. The minimum absolute atomic E-state index is 0.110. The molecule has 6 heteroatoms. The van der Waals surface area contributed by atoms with E-state index in [1.165, 1.54) is 7.11 Å². The van der Waals surface area contributed by atoms with Crippen LogP contribution >= 0.6 is 0 Å². The maximum absolute atomic E-state index is 12.4. The zero-order chi connectivity index (χ0) is 20.8. The highest BCUT2D eigenvalue weighted by Gasteiger charge is 2.15. The maximum atomic E-state index is 12.4. The predicted octanol–water partition coefficient (Wildman–Crippen LogP) is 5.16. The van der Waals surface area contributed by atoms with Crippen LogP contribution in [0.2, 0.25) is 0 Å². The average molecular weight is 398 g/mol. The van der Waals surface area contributed by atoms with Crippen molar-refractivity contribution in [3.63, 3.8) is 0 Å². The quantitative estimate of drug-likeness (QED) is 0.418. The van der Waals surface area contributed by atoms with Gasteiger partial charge in [0, 0.05) is 11.6 Å². The van der Waals surface area contributed by atoms with Crippen molar-refractivity contribution in [2.24, 2.45) is 0 Å². The molecule has 1 heterocycles. The summed E-state index contributed by atoms with van der Waals surface area (Å²) in [6, 6.07) is 27.2. The van der Waals surface area contributed by atoms with Gasteiger partial charge in [0.15, 0.2) is 0 Å². The van der Waals surface area contributed by atoms with Crippen LogP contribution in [0.4, 0.5) is 0 Å². The number of rotatable bonds is 6. The molecule has 0 radical (unpaired) electrons. The van der Waals surface area contributed by atoms with Gasteiger partial charge in [-0.1, -0.05) is 30.3 Å². The zero-order valence-corrected chi connectivity index (χ0v) is 16.2. The molecule has 4 aromatic rings. The Morgan fingerprint density at radius 2 is 1.43 bits per heavy atom. The molecule has 148 valence electrons. The van der Waals surface area contributed by atoms with Crippen LogP contribution < -0.4 is 14.2 Å². The number of nitrogens with zero attached hydrogens (tertiary/aromatic N) is 2. The summed E-state index contributed by atoms with van der Waals surface area (Å²) in [5.41, 5.74) is 1.84. The Bertz CT molecular complexity index is 1130. The Hall–Kier alpha value is -4.19. The van der Waals surface area contributed by atoms with Gasteiger partial charge < -0.3 is 14.2 Å². The largest absolute Gasteiger partial charge is 0.496 e. The molecule has 1 aromatic heterocycles. The molecule has 0 aliphatic heterocycles. The second-order valence-electron chi connectivity index (χ2n) is 6.29. The first kappa shape index (κ1) is 19.1. The fourth-order valence-corrected chi connectivity index (χ4v) is 2.81. The van der Waals surface area contributed by atoms with Gasteiger partial charge in [0.25, 0.3) is 0 Å². The van der Waals surface area contributed by atoms with E-state index in [0.29, 0.717) is 17.0 Å². The molecule has 0 bridgehead atoms. The Balaban J connectivity index is 1.44. The Morgan fingerprint density at radius 3 is 2.13 bits per heavy atom. The number of ether oxygens (including phenoxy) is 3. The number of methoxy groups -OCH3 is 1. The normalized spacial score (nSPS) is 10.3. The average Bonchev–Trinajstić information content (AvgIpc) is 2.81. The van der Waals surface area contributed by atoms with E-state index in [2.05, 4.69) is 10.2 Å². The van der Waals surface area contributed by atoms with Crippen molar-refractivity contribution in [2.75, 3.05) is 7.11 Å². The summed E-state index contributed by atoms with van der Waals surface area (Å²) in [7, 11) is 1.50. The third kappa shape index (κ3) is 4.44. The first-order chi connectivity index (χ1) is 14.7. The fourth-order valence-electron chi connectivity index (χ4n) is 2.81. The molecule has 0 spiro atoms. The van der Waals surface area contributed by atoms with Gasteiger partial charge in [-0.3, -0.25) is 0 Å². The molecule has 0 unspecified atom stereocenters. The van der Waals surface area contributed by atoms with Gasteiger partial charge in [-0.05, 0) is 54.6 Å². The van der Waals surface area contributed by atoms with E-state index in [0.717, 1.165) is 17.1 Å². The molecule has 0 saturated carbocycles. The van der Waals surface area contributed by atoms with Crippen LogP contribution in [0.5, 0.6) is 23.1 Å².